The van der Waals surface area contributed by atoms with Gasteiger partial charge < -0.3 is 10.3 Å². The molecule has 4 aromatic rings. The van der Waals surface area contributed by atoms with Crippen molar-refractivity contribution >= 4 is 32.4 Å². The van der Waals surface area contributed by atoms with Crippen LogP contribution in [0.2, 0.25) is 0 Å². The first kappa shape index (κ1) is 19.0. The van der Waals surface area contributed by atoms with E-state index >= 15 is 0 Å². The molecule has 1 heterocycles. The third kappa shape index (κ3) is 4.25. The highest BCUT2D eigenvalue weighted by Crippen LogP contribution is 2.29. The van der Waals surface area contributed by atoms with E-state index in [-0.39, 0.29) is 0 Å². The van der Waals surface area contributed by atoms with E-state index in [1.165, 1.54) is 5.56 Å². The van der Waals surface area contributed by atoms with E-state index in [9.17, 15) is 8.42 Å². The predicted octanol–water partition coefficient (Wildman–Crippen LogP) is 4.01. The Labute approximate surface area is 170 Å². The summed E-state index contributed by atoms with van der Waals surface area (Å²) in [6.45, 7) is 2.70. The molecule has 0 radical (unpaired) electrons. The van der Waals surface area contributed by atoms with Crippen LogP contribution in [0, 0.1) is 6.92 Å². The monoisotopic (exact) mass is 406 g/mol. The maximum absolute atomic E-state index is 11.6. The van der Waals surface area contributed by atoms with Crippen molar-refractivity contribution in [2.45, 2.75) is 13.5 Å². The zero-order valence-corrected chi connectivity index (χ0v) is 17.1. The molecule has 0 atom stereocenters. The second-order valence-corrected chi connectivity index (χ2v) is 8.96. The molecule has 6 nitrogen and oxygen atoms in total. The fraction of sp³-hybridized carbons (Fsp3) is 0.136. The molecule has 1 aromatic heterocycles. The van der Waals surface area contributed by atoms with E-state index in [0.717, 1.165) is 34.2 Å². The van der Waals surface area contributed by atoms with E-state index in [1.807, 2.05) is 30.3 Å². The number of hydrogen-bond acceptors (Lipinski definition) is 4. The van der Waals surface area contributed by atoms with Crippen LogP contribution >= 0.6 is 0 Å². The number of nitrogens with zero attached hydrogens (tertiary/aromatic N) is 2. The molecule has 148 valence electrons. The molecular formula is C22H22N4O2S. The number of aryl methyl sites for hydroxylation is 1. The molecule has 0 unspecified atom stereocenters. The van der Waals surface area contributed by atoms with Gasteiger partial charge in [0.15, 0.2) is 0 Å². The average molecular weight is 407 g/mol. The summed E-state index contributed by atoms with van der Waals surface area (Å²) in [6.07, 6.45) is 1.13. The molecule has 0 fully saturated rings. The van der Waals surface area contributed by atoms with Gasteiger partial charge in [-0.05, 0) is 42.8 Å². The van der Waals surface area contributed by atoms with Crippen molar-refractivity contribution in [3.63, 3.8) is 0 Å². The van der Waals surface area contributed by atoms with E-state index in [0.29, 0.717) is 17.9 Å². The van der Waals surface area contributed by atoms with Crippen molar-refractivity contribution < 1.29 is 8.42 Å². The lowest BCUT2D eigenvalue weighted by atomic mass is 10.1. The largest absolute Gasteiger partial charge is 0.399 e. The van der Waals surface area contributed by atoms with E-state index in [2.05, 4.69) is 40.5 Å². The summed E-state index contributed by atoms with van der Waals surface area (Å²) >= 11 is 0. The smallest absolute Gasteiger partial charge is 0.229 e. The molecule has 4 rings (SSSR count). The predicted molar refractivity (Wildman–Crippen MR) is 118 cm³/mol. The number of rotatable bonds is 5. The molecule has 0 aliphatic carbocycles. The van der Waals surface area contributed by atoms with Crippen LogP contribution in [0.25, 0.3) is 22.4 Å². The fourth-order valence-corrected chi connectivity index (χ4v) is 3.89. The summed E-state index contributed by atoms with van der Waals surface area (Å²) in [5.74, 6) is 0.753. The van der Waals surface area contributed by atoms with Gasteiger partial charge in [0.05, 0.1) is 17.3 Å². The lowest BCUT2D eigenvalue weighted by molar-refractivity contribution is 0.607. The molecule has 0 bridgehead atoms. The van der Waals surface area contributed by atoms with Crippen molar-refractivity contribution in [1.82, 2.24) is 9.55 Å². The topological polar surface area (TPSA) is 90.0 Å². The Bertz CT molecular complexity index is 1290. The summed E-state index contributed by atoms with van der Waals surface area (Å²) in [4.78, 5) is 4.80. The normalized spacial score (nSPS) is 11.7. The molecule has 29 heavy (non-hydrogen) atoms. The Kier molecular flexibility index (Phi) is 4.76. The Balaban J connectivity index is 1.85. The number of sulfonamides is 1. The molecule has 0 amide bonds. The number of nitrogen functional groups attached to an aromatic ring is 1. The van der Waals surface area contributed by atoms with Gasteiger partial charge in [0.2, 0.25) is 10.0 Å². The number of nitrogens with one attached hydrogen (secondary N) is 1. The van der Waals surface area contributed by atoms with Crippen LogP contribution < -0.4 is 10.5 Å². The van der Waals surface area contributed by atoms with Gasteiger partial charge in [0.25, 0.3) is 0 Å². The third-order valence-corrected chi connectivity index (χ3v) is 5.26. The highest BCUT2D eigenvalue weighted by Gasteiger charge is 2.14. The zero-order chi connectivity index (χ0) is 20.6. The molecule has 7 heteroatoms. The van der Waals surface area contributed by atoms with Crippen molar-refractivity contribution in [1.29, 1.82) is 0 Å². The number of imidazole rings is 1. The zero-order valence-electron chi connectivity index (χ0n) is 16.3. The fourth-order valence-electron chi connectivity index (χ4n) is 3.34. The molecule has 0 saturated heterocycles. The first-order valence-corrected chi connectivity index (χ1v) is 11.1. The highest BCUT2D eigenvalue weighted by atomic mass is 32.2. The van der Waals surface area contributed by atoms with Crippen LogP contribution in [0.5, 0.6) is 0 Å². The number of anilines is 2. The summed E-state index contributed by atoms with van der Waals surface area (Å²) in [7, 11) is -3.36. The Morgan fingerprint density at radius 2 is 1.79 bits per heavy atom. The van der Waals surface area contributed by atoms with Crippen LogP contribution in [0.3, 0.4) is 0 Å². The highest BCUT2D eigenvalue weighted by molar-refractivity contribution is 7.92. The van der Waals surface area contributed by atoms with Crippen LogP contribution in [0.4, 0.5) is 11.4 Å². The quantitative estimate of drug-likeness (QED) is 0.490. The number of nitrogens with two attached hydrogens (primary N) is 1. The minimum atomic E-state index is -3.36. The van der Waals surface area contributed by atoms with Crippen molar-refractivity contribution in [2.24, 2.45) is 0 Å². The van der Waals surface area contributed by atoms with Gasteiger partial charge in [-0.3, -0.25) is 4.72 Å². The lowest BCUT2D eigenvalue weighted by Gasteiger charge is -2.11. The molecule has 0 saturated carbocycles. The van der Waals surface area contributed by atoms with Gasteiger partial charge in [-0.25, -0.2) is 13.4 Å². The molecule has 3 N–H and O–H groups in total. The summed E-state index contributed by atoms with van der Waals surface area (Å²) in [5, 5.41) is 0. The number of fused-ring (bicyclic) bond motifs is 1. The number of benzene rings is 3. The first-order chi connectivity index (χ1) is 13.8. The minimum absolute atomic E-state index is 0.499. The Morgan fingerprint density at radius 3 is 2.52 bits per heavy atom. The number of hydrogen-bond donors (Lipinski definition) is 2. The van der Waals surface area contributed by atoms with Gasteiger partial charge in [-0.2, -0.15) is 0 Å². The summed E-state index contributed by atoms with van der Waals surface area (Å²) < 4.78 is 27.9. The lowest BCUT2D eigenvalue weighted by Crippen LogP contribution is -2.09. The van der Waals surface area contributed by atoms with E-state index in [1.54, 1.807) is 12.1 Å². The van der Waals surface area contributed by atoms with E-state index in [4.69, 9.17) is 10.7 Å². The molecule has 0 aliphatic rings. The maximum Gasteiger partial charge on any atom is 0.229 e. The molecule has 0 aliphatic heterocycles. The molecular weight excluding hydrogens is 384 g/mol. The van der Waals surface area contributed by atoms with Crippen molar-refractivity contribution in [2.75, 3.05) is 16.7 Å². The van der Waals surface area contributed by atoms with Gasteiger partial charge in [-0.15, -0.1) is 0 Å². The van der Waals surface area contributed by atoms with Crippen LogP contribution in [-0.2, 0) is 16.6 Å². The SMILES string of the molecule is Cc1ccc(Cn2c(-c3cccc(NS(C)(=O)=O)c3)nc3cc(N)ccc32)cc1. The Hall–Kier alpha value is -3.32. The molecule has 3 aromatic carbocycles. The van der Waals surface area contributed by atoms with Crippen molar-refractivity contribution in [3.8, 4) is 11.4 Å². The average Bonchev–Trinajstić information content (AvgIpc) is 3.00. The summed E-state index contributed by atoms with van der Waals surface area (Å²) in [5.41, 5.74) is 12.1. The third-order valence-electron chi connectivity index (χ3n) is 4.66. The maximum atomic E-state index is 11.6. The summed E-state index contributed by atoms with van der Waals surface area (Å²) in [6, 6.07) is 21.3. The second-order valence-electron chi connectivity index (χ2n) is 7.21. The second kappa shape index (κ2) is 7.25. The molecule has 0 spiro atoms. The minimum Gasteiger partial charge on any atom is -0.399 e. The number of aromatic nitrogens is 2. The standard InChI is InChI=1S/C22H22N4O2S/c1-15-6-8-16(9-7-15)14-26-21-11-10-18(23)13-20(21)24-22(26)17-4-3-5-19(12-17)25-29(2,27)28/h3-13,25H,14,23H2,1-2H3. The van der Waals surface area contributed by atoms with Crippen molar-refractivity contribution in [3.05, 3.63) is 77.9 Å². The van der Waals surface area contributed by atoms with Gasteiger partial charge in [-0.1, -0.05) is 42.0 Å². The first-order valence-electron chi connectivity index (χ1n) is 9.18. The van der Waals surface area contributed by atoms with Crippen LogP contribution in [0.15, 0.2) is 66.7 Å². The van der Waals surface area contributed by atoms with E-state index < -0.39 is 10.0 Å². The van der Waals surface area contributed by atoms with Gasteiger partial charge in [0.1, 0.15) is 5.82 Å². The van der Waals surface area contributed by atoms with Crippen LogP contribution in [0.1, 0.15) is 11.1 Å². The van der Waals surface area contributed by atoms with Gasteiger partial charge in [0, 0.05) is 23.5 Å². The Morgan fingerprint density at radius 1 is 1.03 bits per heavy atom. The van der Waals surface area contributed by atoms with Crippen LogP contribution in [-0.4, -0.2) is 24.2 Å². The van der Waals surface area contributed by atoms with Gasteiger partial charge >= 0.3 is 0 Å².